The zero-order valence-corrected chi connectivity index (χ0v) is 10.4. The number of rotatable bonds is 3. The lowest BCUT2D eigenvalue weighted by Gasteiger charge is -2.27. The van der Waals surface area contributed by atoms with Gasteiger partial charge in [-0.15, -0.1) is 0 Å². The van der Waals surface area contributed by atoms with Gasteiger partial charge >= 0.3 is 0 Å². The molecule has 96 valence electrons. The van der Waals surface area contributed by atoms with Crippen molar-refractivity contribution in [2.75, 3.05) is 19.6 Å². The van der Waals surface area contributed by atoms with Crippen LogP contribution in [0.15, 0.2) is 29.4 Å². The zero-order chi connectivity index (χ0) is 12.5. The topological polar surface area (TPSA) is 45.5 Å². The second-order valence-electron chi connectivity index (χ2n) is 5.11. The van der Waals surface area contributed by atoms with Gasteiger partial charge in [0.25, 0.3) is 0 Å². The maximum Gasteiger partial charge on any atom is 0.220 e. The van der Waals surface area contributed by atoms with E-state index in [9.17, 15) is 4.79 Å². The Hall–Kier alpha value is -1.39. The van der Waals surface area contributed by atoms with Crippen LogP contribution < -0.4 is 5.43 Å². The molecule has 4 heteroatoms. The molecule has 0 aliphatic carbocycles. The largest absolute Gasteiger partial charge is 0.461 e. The number of nitrogens with one attached hydrogen (secondary N) is 1. The van der Waals surface area contributed by atoms with Crippen LogP contribution in [0.1, 0.15) is 34.9 Å². The van der Waals surface area contributed by atoms with Gasteiger partial charge in [-0.1, -0.05) is 6.58 Å². The van der Waals surface area contributed by atoms with E-state index >= 15 is 0 Å². The van der Waals surface area contributed by atoms with Crippen LogP contribution in [0.2, 0.25) is 0 Å². The van der Waals surface area contributed by atoms with Gasteiger partial charge in [0.05, 0.1) is 6.26 Å². The Morgan fingerprint density at radius 1 is 1.50 bits per heavy atom. The first kappa shape index (κ1) is 11.7. The number of allylic oxidation sites excluding steroid dienone is 1. The fourth-order valence-electron chi connectivity index (χ4n) is 3.02. The molecule has 1 unspecified atom stereocenters. The number of nitrogens with zero attached hydrogens (tertiary/aromatic N) is 1. The first-order valence-electron chi connectivity index (χ1n) is 6.51. The number of carbonyl (C=O) groups is 1. The Morgan fingerprint density at radius 3 is 3.00 bits per heavy atom. The van der Waals surface area contributed by atoms with E-state index in [1.807, 2.05) is 6.07 Å². The van der Waals surface area contributed by atoms with E-state index in [2.05, 4.69) is 17.0 Å². The van der Waals surface area contributed by atoms with E-state index in [-0.39, 0.29) is 5.78 Å². The van der Waals surface area contributed by atoms with Crippen LogP contribution in [0.4, 0.5) is 0 Å². The Labute approximate surface area is 107 Å². The maximum absolute atomic E-state index is 11.5. The molecule has 4 nitrogen and oxygen atoms in total. The first-order chi connectivity index (χ1) is 8.78. The summed E-state index contributed by atoms with van der Waals surface area (Å²) < 4.78 is 5.36. The van der Waals surface area contributed by atoms with Crippen LogP contribution in [-0.4, -0.2) is 30.4 Å². The van der Waals surface area contributed by atoms with E-state index in [0.29, 0.717) is 17.6 Å². The standard InChI is InChI=1S/C14H18N2O2/c1-2-13(17)14-7-11(9-18-14)12-8-15-16-5-3-10(12)4-6-16/h2,7,9-10,12,15H,1,3-6,8H2. The summed E-state index contributed by atoms with van der Waals surface area (Å²) in [6, 6.07) is 1.88. The summed E-state index contributed by atoms with van der Waals surface area (Å²) in [5.41, 5.74) is 4.60. The average Bonchev–Trinajstić information content (AvgIpc) is 2.71. The third kappa shape index (κ3) is 2.02. The van der Waals surface area contributed by atoms with Gasteiger partial charge in [0.1, 0.15) is 0 Å². The summed E-state index contributed by atoms with van der Waals surface area (Å²) in [5.74, 6) is 1.41. The van der Waals surface area contributed by atoms with Gasteiger partial charge in [0.2, 0.25) is 5.78 Å². The molecule has 3 fully saturated rings. The number of carbonyl (C=O) groups excluding carboxylic acids is 1. The predicted molar refractivity (Wildman–Crippen MR) is 68.3 cm³/mol. The Morgan fingerprint density at radius 2 is 2.28 bits per heavy atom. The van der Waals surface area contributed by atoms with Gasteiger partial charge in [-0.25, -0.2) is 5.01 Å². The molecule has 2 bridgehead atoms. The van der Waals surface area contributed by atoms with E-state index in [1.165, 1.54) is 18.9 Å². The van der Waals surface area contributed by atoms with Crippen molar-refractivity contribution in [3.8, 4) is 0 Å². The highest BCUT2D eigenvalue weighted by Gasteiger charge is 2.32. The minimum Gasteiger partial charge on any atom is -0.461 e. The van der Waals surface area contributed by atoms with Gasteiger partial charge in [-0.2, -0.15) is 0 Å². The van der Waals surface area contributed by atoms with Crippen molar-refractivity contribution in [2.45, 2.75) is 18.8 Å². The Bertz CT molecular complexity index is 458. The van der Waals surface area contributed by atoms with Crippen molar-refractivity contribution < 1.29 is 9.21 Å². The summed E-state index contributed by atoms with van der Waals surface area (Å²) >= 11 is 0. The van der Waals surface area contributed by atoms with E-state index in [1.54, 1.807) is 6.26 Å². The van der Waals surface area contributed by atoms with Gasteiger partial charge in [-0.3, -0.25) is 10.2 Å². The molecule has 1 aromatic rings. The molecule has 0 spiro atoms. The van der Waals surface area contributed by atoms with Crippen LogP contribution in [0.25, 0.3) is 0 Å². The highest BCUT2D eigenvalue weighted by molar-refractivity contribution is 6.02. The highest BCUT2D eigenvalue weighted by Crippen LogP contribution is 2.35. The van der Waals surface area contributed by atoms with Crippen LogP contribution >= 0.6 is 0 Å². The van der Waals surface area contributed by atoms with Crippen molar-refractivity contribution in [1.82, 2.24) is 10.4 Å². The molecule has 0 amide bonds. The van der Waals surface area contributed by atoms with E-state index in [4.69, 9.17) is 4.42 Å². The molecular formula is C14H18N2O2. The average molecular weight is 246 g/mol. The van der Waals surface area contributed by atoms with Crippen molar-refractivity contribution in [1.29, 1.82) is 0 Å². The summed E-state index contributed by atoms with van der Waals surface area (Å²) in [6.45, 7) is 6.66. The van der Waals surface area contributed by atoms with Crippen molar-refractivity contribution >= 4 is 5.78 Å². The van der Waals surface area contributed by atoms with Crippen molar-refractivity contribution in [3.63, 3.8) is 0 Å². The summed E-state index contributed by atoms with van der Waals surface area (Å²) in [4.78, 5) is 11.5. The zero-order valence-electron chi connectivity index (χ0n) is 10.4. The van der Waals surface area contributed by atoms with Crippen LogP contribution in [0, 0.1) is 5.92 Å². The number of ketones is 1. The third-order valence-corrected chi connectivity index (χ3v) is 4.12. The number of furan rings is 1. The second kappa shape index (κ2) is 4.71. The van der Waals surface area contributed by atoms with Crippen LogP contribution in [0.5, 0.6) is 0 Å². The van der Waals surface area contributed by atoms with E-state index < -0.39 is 0 Å². The fraction of sp³-hybridized carbons (Fsp3) is 0.500. The van der Waals surface area contributed by atoms with Crippen LogP contribution in [0.3, 0.4) is 0 Å². The second-order valence-corrected chi connectivity index (χ2v) is 5.11. The van der Waals surface area contributed by atoms with Crippen molar-refractivity contribution in [2.24, 2.45) is 5.92 Å². The third-order valence-electron chi connectivity index (χ3n) is 4.12. The molecule has 3 aliphatic rings. The molecule has 0 saturated carbocycles. The molecule has 18 heavy (non-hydrogen) atoms. The quantitative estimate of drug-likeness (QED) is 0.654. The molecule has 1 N–H and O–H groups in total. The summed E-state index contributed by atoms with van der Waals surface area (Å²) in [5, 5.41) is 2.30. The first-order valence-corrected chi connectivity index (χ1v) is 6.51. The molecule has 3 aliphatic heterocycles. The molecule has 1 aromatic heterocycles. The number of piperidine rings is 1. The number of hydrazine groups is 1. The van der Waals surface area contributed by atoms with Crippen molar-refractivity contribution in [3.05, 3.63) is 36.3 Å². The maximum atomic E-state index is 11.5. The van der Waals surface area contributed by atoms with Gasteiger partial charge in [-0.05, 0) is 36.5 Å². The molecule has 0 aromatic carbocycles. The number of hydrogen-bond acceptors (Lipinski definition) is 4. The Balaban J connectivity index is 1.83. The van der Waals surface area contributed by atoms with Gasteiger partial charge < -0.3 is 4.42 Å². The highest BCUT2D eigenvalue weighted by atomic mass is 16.3. The summed E-state index contributed by atoms with van der Waals surface area (Å²) in [7, 11) is 0. The minimum atomic E-state index is -0.143. The smallest absolute Gasteiger partial charge is 0.220 e. The Kier molecular flexibility index (Phi) is 3.06. The minimum absolute atomic E-state index is 0.143. The molecule has 3 saturated heterocycles. The number of fused-ring (bicyclic) bond motifs is 4. The van der Waals surface area contributed by atoms with Gasteiger partial charge in [0.15, 0.2) is 5.76 Å². The SMILES string of the molecule is C=CC(=O)c1cc(C2CNN3CCC2CC3)co1. The lowest BCUT2D eigenvalue weighted by atomic mass is 9.82. The van der Waals surface area contributed by atoms with Crippen LogP contribution in [-0.2, 0) is 0 Å². The van der Waals surface area contributed by atoms with Gasteiger partial charge in [0, 0.05) is 25.6 Å². The van der Waals surface area contributed by atoms with E-state index in [0.717, 1.165) is 25.2 Å². The molecule has 4 heterocycles. The summed E-state index contributed by atoms with van der Waals surface area (Å²) in [6.07, 6.45) is 5.46. The lowest BCUT2D eigenvalue weighted by molar-refractivity contribution is 0.102. The fourth-order valence-corrected chi connectivity index (χ4v) is 3.02. The molecular weight excluding hydrogens is 228 g/mol. The molecule has 1 atom stereocenters. The normalized spacial score (nSPS) is 31.0. The predicted octanol–water partition coefficient (Wildman–Crippen LogP) is 1.96. The number of hydrogen-bond donors (Lipinski definition) is 1. The molecule has 0 radical (unpaired) electrons. The monoisotopic (exact) mass is 246 g/mol. The lowest BCUT2D eigenvalue weighted by Crippen LogP contribution is -2.39. The molecule has 4 rings (SSSR count).